The quantitative estimate of drug-likeness (QED) is 0.663. The van der Waals surface area contributed by atoms with Crippen molar-refractivity contribution >= 4 is 51.5 Å². The van der Waals surface area contributed by atoms with Crippen LogP contribution in [0.15, 0.2) is 28.6 Å². The second-order valence-corrected chi connectivity index (χ2v) is 6.04. The largest absolute Gasteiger partial charge is 0.325 e. The van der Waals surface area contributed by atoms with Gasteiger partial charge in [0.25, 0.3) is 0 Å². The molecule has 0 aliphatic rings. The topological polar surface area (TPSA) is 90.7 Å². The number of benzene rings is 1. The van der Waals surface area contributed by atoms with E-state index in [1.54, 1.807) is 24.3 Å². The molecule has 0 unspecified atom stereocenters. The first-order valence-corrected chi connectivity index (χ1v) is 7.52. The summed E-state index contributed by atoms with van der Waals surface area (Å²) in [6, 6.07) is 8.32. The van der Waals surface area contributed by atoms with Crippen molar-refractivity contribution in [3.05, 3.63) is 29.3 Å². The van der Waals surface area contributed by atoms with Gasteiger partial charge in [-0.2, -0.15) is 5.26 Å². The fraction of sp³-hybridized carbons (Fsp3) is 0.0909. The monoisotopic (exact) mass is 325 g/mol. The molecule has 0 bridgehead atoms. The van der Waals surface area contributed by atoms with Crippen LogP contribution in [0.25, 0.3) is 0 Å². The number of carbonyl (C=O) groups is 1. The Balaban J connectivity index is 1.89. The van der Waals surface area contributed by atoms with E-state index >= 15 is 0 Å². The summed E-state index contributed by atoms with van der Waals surface area (Å²) in [7, 11) is 0. The first kappa shape index (κ1) is 14.6. The van der Waals surface area contributed by atoms with Gasteiger partial charge in [-0.25, -0.2) is 4.79 Å². The number of urea groups is 1. The number of hydrogen-bond acceptors (Lipinski definition) is 6. The van der Waals surface area contributed by atoms with Crippen LogP contribution in [-0.4, -0.2) is 22.0 Å². The zero-order valence-corrected chi connectivity index (χ0v) is 12.3. The van der Waals surface area contributed by atoms with Gasteiger partial charge in [-0.05, 0) is 24.3 Å². The number of hydrogen-bond donors (Lipinski definition) is 2. The van der Waals surface area contributed by atoms with Crippen molar-refractivity contribution < 1.29 is 4.79 Å². The predicted octanol–water partition coefficient (Wildman–Crippen LogP) is 3.45. The molecule has 0 fully saturated rings. The Hall–Kier alpha value is -1.82. The molecule has 6 nitrogen and oxygen atoms in total. The van der Waals surface area contributed by atoms with Gasteiger partial charge in [0.05, 0.1) is 11.8 Å². The summed E-state index contributed by atoms with van der Waals surface area (Å²) >= 11 is 8.23. The van der Waals surface area contributed by atoms with E-state index in [2.05, 4.69) is 20.8 Å². The fourth-order valence-corrected chi connectivity index (χ4v) is 2.74. The van der Waals surface area contributed by atoms with Crippen LogP contribution in [0.5, 0.6) is 0 Å². The zero-order chi connectivity index (χ0) is 14.4. The Labute approximate surface area is 128 Å². The molecule has 1 aromatic heterocycles. The van der Waals surface area contributed by atoms with Gasteiger partial charge < -0.3 is 5.32 Å². The summed E-state index contributed by atoms with van der Waals surface area (Å²) in [5.41, 5.74) is 0.621. The van der Waals surface area contributed by atoms with Crippen LogP contribution in [-0.2, 0) is 0 Å². The van der Waals surface area contributed by atoms with Gasteiger partial charge in [0.15, 0.2) is 4.34 Å². The third-order valence-electron chi connectivity index (χ3n) is 1.99. The Morgan fingerprint density at radius 2 is 2.10 bits per heavy atom. The molecule has 2 N–H and O–H groups in total. The highest BCUT2D eigenvalue weighted by Crippen LogP contribution is 2.25. The maximum absolute atomic E-state index is 11.7. The smallest absolute Gasteiger partial charge is 0.308 e. The number of amides is 2. The number of anilines is 2. The summed E-state index contributed by atoms with van der Waals surface area (Å²) < 4.78 is 0.633. The van der Waals surface area contributed by atoms with Crippen LogP contribution in [0, 0.1) is 11.3 Å². The molecule has 2 amide bonds. The Kier molecular flexibility index (Phi) is 5.17. The molecule has 1 aromatic carbocycles. The minimum Gasteiger partial charge on any atom is -0.308 e. The molecule has 9 heteroatoms. The Morgan fingerprint density at radius 1 is 1.35 bits per heavy atom. The van der Waals surface area contributed by atoms with Crippen LogP contribution in [0.2, 0.25) is 5.02 Å². The molecule has 20 heavy (non-hydrogen) atoms. The zero-order valence-electron chi connectivity index (χ0n) is 9.96. The molecule has 0 radical (unpaired) electrons. The summed E-state index contributed by atoms with van der Waals surface area (Å²) in [5, 5.41) is 22.3. The van der Waals surface area contributed by atoms with Crippen LogP contribution in [0.1, 0.15) is 0 Å². The van der Waals surface area contributed by atoms with E-state index < -0.39 is 6.03 Å². The summed E-state index contributed by atoms with van der Waals surface area (Å²) in [4.78, 5) is 11.7. The highest BCUT2D eigenvalue weighted by atomic mass is 35.5. The van der Waals surface area contributed by atoms with Gasteiger partial charge in [0, 0.05) is 10.7 Å². The van der Waals surface area contributed by atoms with E-state index in [9.17, 15) is 4.79 Å². The highest BCUT2D eigenvalue weighted by molar-refractivity contribution is 8.01. The second-order valence-electron chi connectivity index (χ2n) is 3.41. The lowest BCUT2D eigenvalue weighted by molar-refractivity contribution is 0.262. The van der Waals surface area contributed by atoms with Crippen molar-refractivity contribution in [1.29, 1.82) is 5.26 Å². The number of halogens is 1. The lowest BCUT2D eigenvalue weighted by atomic mass is 10.3. The van der Waals surface area contributed by atoms with Crippen LogP contribution < -0.4 is 10.6 Å². The SMILES string of the molecule is N#CCSc1nnc(NC(=O)Nc2ccc(Cl)cc2)s1. The highest BCUT2D eigenvalue weighted by Gasteiger charge is 2.08. The van der Waals surface area contributed by atoms with Gasteiger partial charge in [-0.15, -0.1) is 10.2 Å². The molecule has 0 aliphatic heterocycles. The number of carbonyl (C=O) groups excluding carboxylic acids is 1. The Morgan fingerprint density at radius 3 is 2.80 bits per heavy atom. The molecule has 2 rings (SSSR count). The number of rotatable bonds is 4. The van der Waals surface area contributed by atoms with Gasteiger partial charge >= 0.3 is 6.03 Å². The van der Waals surface area contributed by atoms with Crippen molar-refractivity contribution in [3.63, 3.8) is 0 Å². The maximum Gasteiger partial charge on any atom is 0.325 e. The number of nitrogens with one attached hydrogen (secondary N) is 2. The molecule has 0 saturated heterocycles. The van der Waals surface area contributed by atoms with E-state index in [4.69, 9.17) is 16.9 Å². The second kappa shape index (κ2) is 7.09. The number of nitrogens with zero attached hydrogens (tertiary/aromatic N) is 3. The van der Waals surface area contributed by atoms with Crippen molar-refractivity contribution in [3.8, 4) is 6.07 Å². The normalized spacial score (nSPS) is 9.80. The third kappa shape index (κ3) is 4.38. The maximum atomic E-state index is 11.7. The molecule has 0 atom stereocenters. The van der Waals surface area contributed by atoms with Gasteiger partial charge in [0.1, 0.15) is 0 Å². The Bertz CT molecular complexity index is 637. The van der Waals surface area contributed by atoms with Gasteiger partial charge in [0.2, 0.25) is 5.13 Å². The standard InChI is InChI=1S/C11H8ClN5OS2/c12-7-1-3-8(4-2-7)14-9(18)15-10-16-17-11(20-10)19-6-5-13/h1-4H,6H2,(H2,14,15,16,18). The lowest BCUT2D eigenvalue weighted by Gasteiger charge is -2.04. The summed E-state index contributed by atoms with van der Waals surface area (Å²) in [6.07, 6.45) is 0. The van der Waals surface area contributed by atoms with Crippen LogP contribution >= 0.6 is 34.7 Å². The first-order chi connectivity index (χ1) is 9.67. The van der Waals surface area contributed by atoms with E-state index in [0.717, 1.165) is 0 Å². The van der Waals surface area contributed by atoms with Crippen molar-refractivity contribution in [1.82, 2.24) is 10.2 Å². The minimum absolute atomic E-state index is 0.297. The molecule has 2 aromatic rings. The van der Waals surface area contributed by atoms with E-state index in [1.807, 2.05) is 6.07 Å². The van der Waals surface area contributed by atoms with E-state index in [-0.39, 0.29) is 0 Å². The van der Waals surface area contributed by atoms with Gasteiger partial charge in [-0.1, -0.05) is 34.7 Å². The number of thioether (sulfide) groups is 1. The lowest BCUT2D eigenvalue weighted by Crippen LogP contribution is -2.19. The molecule has 0 aliphatic carbocycles. The average molecular weight is 326 g/mol. The molecule has 0 spiro atoms. The molecular weight excluding hydrogens is 318 g/mol. The summed E-state index contributed by atoms with van der Waals surface area (Å²) in [6.45, 7) is 0. The van der Waals surface area contributed by atoms with Crippen LogP contribution in [0.3, 0.4) is 0 Å². The summed E-state index contributed by atoms with van der Waals surface area (Å²) in [5.74, 6) is 0.297. The average Bonchev–Trinajstić information content (AvgIpc) is 2.86. The molecule has 0 saturated carbocycles. The molecular formula is C11H8ClN5OS2. The van der Waals surface area contributed by atoms with E-state index in [1.165, 1.54) is 23.1 Å². The third-order valence-corrected chi connectivity index (χ3v) is 4.08. The van der Waals surface area contributed by atoms with Crippen molar-refractivity contribution in [2.24, 2.45) is 0 Å². The minimum atomic E-state index is -0.416. The van der Waals surface area contributed by atoms with Crippen molar-refractivity contribution in [2.75, 3.05) is 16.4 Å². The predicted molar refractivity (Wildman–Crippen MR) is 80.3 cm³/mol. The molecule has 1 heterocycles. The number of aromatic nitrogens is 2. The number of nitriles is 1. The van der Waals surface area contributed by atoms with E-state index in [0.29, 0.717) is 25.9 Å². The van der Waals surface area contributed by atoms with Gasteiger partial charge in [-0.3, -0.25) is 5.32 Å². The first-order valence-electron chi connectivity index (χ1n) is 5.34. The van der Waals surface area contributed by atoms with Crippen LogP contribution in [0.4, 0.5) is 15.6 Å². The van der Waals surface area contributed by atoms with Crippen molar-refractivity contribution in [2.45, 2.75) is 4.34 Å². The fourth-order valence-electron chi connectivity index (χ4n) is 1.21. The molecule has 102 valence electrons.